The van der Waals surface area contributed by atoms with Crippen molar-refractivity contribution in [3.8, 4) is 17.2 Å². The largest absolute Gasteiger partial charge is 0.357 e. The molecular formula is C17H15N5O. The number of hydrogen-bond donors (Lipinski definition) is 2. The van der Waals surface area contributed by atoms with Crippen LogP contribution in [0.3, 0.4) is 0 Å². The summed E-state index contributed by atoms with van der Waals surface area (Å²) in [6, 6.07) is 7.64. The van der Waals surface area contributed by atoms with Gasteiger partial charge >= 0.3 is 0 Å². The second-order valence-corrected chi connectivity index (χ2v) is 5.69. The standard InChI is InChI=1S/C17H15N5O/c18-9-12-2-1-7-22(12)17(23)15-8-11(10-21-15)13-3-5-19-16-14(13)4-6-20-16/h3-6,8,10,12,21H,1-2,7H2,(H,19,20). The van der Waals surface area contributed by atoms with Gasteiger partial charge in [0, 0.05) is 36.1 Å². The number of pyridine rings is 1. The molecule has 1 atom stereocenters. The van der Waals surface area contributed by atoms with Crippen molar-refractivity contribution in [3.05, 3.63) is 42.5 Å². The highest BCUT2D eigenvalue weighted by atomic mass is 16.2. The zero-order chi connectivity index (χ0) is 15.8. The molecule has 6 heteroatoms. The molecule has 0 aliphatic carbocycles. The van der Waals surface area contributed by atoms with Crippen LogP contribution in [-0.2, 0) is 0 Å². The number of nitrogens with one attached hydrogen (secondary N) is 2. The Kier molecular flexibility index (Phi) is 3.12. The van der Waals surface area contributed by atoms with E-state index < -0.39 is 0 Å². The Labute approximate surface area is 132 Å². The third-order valence-electron chi connectivity index (χ3n) is 4.35. The molecule has 4 heterocycles. The minimum atomic E-state index is -0.313. The summed E-state index contributed by atoms with van der Waals surface area (Å²) >= 11 is 0. The molecule has 1 saturated heterocycles. The number of hydrogen-bond acceptors (Lipinski definition) is 3. The predicted molar refractivity (Wildman–Crippen MR) is 85.6 cm³/mol. The Morgan fingerprint density at radius 2 is 2.30 bits per heavy atom. The Balaban J connectivity index is 1.68. The Morgan fingerprint density at radius 1 is 1.39 bits per heavy atom. The molecule has 0 radical (unpaired) electrons. The van der Waals surface area contributed by atoms with Gasteiger partial charge < -0.3 is 14.9 Å². The van der Waals surface area contributed by atoms with Gasteiger partial charge in [0.2, 0.25) is 0 Å². The van der Waals surface area contributed by atoms with Crippen LogP contribution in [0.2, 0.25) is 0 Å². The van der Waals surface area contributed by atoms with Crippen LogP contribution < -0.4 is 0 Å². The van der Waals surface area contributed by atoms with Crippen molar-refractivity contribution >= 4 is 16.9 Å². The van der Waals surface area contributed by atoms with E-state index in [1.54, 1.807) is 11.1 Å². The van der Waals surface area contributed by atoms with E-state index in [1.165, 1.54) is 0 Å². The minimum Gasteiger partial charge on any atom is -0.357 e. The number of aromatic nitrogens is 3. The van der Waals surface area contributed by atoms with Gasteiger partial charge in [-0.25, -0.2) is 4.98 Å². The van der Waals surface area contributed by atoms with Gasteiger partial charge in [-0.3, -0.25) is 4.79 Å². The third kappa shape index (κ3) is 2.18. The topological polar surface area (TPSA) is 88.6 Å². The molecule has 0 spiro atoms. The van der Waals surface area contributed by atoms with Gasteiger partial charge in [-0.1, -0.05) is 0 Å². The summed E-state index contributed by atoms with van der Waals surface area (Å²) in [4.78, 5) is 24.7. The van der Waals surface area contributed by atoms with Crippen LogP contribution in [0.1, 0.15) is 23.3 Å². The highest BCUT2D eigenvalue weighted by Crippen LogP contribution is 2.28. The molecule has 23 heavy (non-hydrogen) atoms. The lowest BCUT2D eigenvalue weighted by atomic mass is 10.1. The first-order valence-corrected chi connectivity index (χ1v) is 7.59. The van der Waals surface area contributed by atoms with Gasteiger partial charge in [-0.05, 0) is 36.6 Å². The Hall–Kier alpha value is -3.07. The maximum absolute atomic E-state index is 12.6. The maximum Gasteiger partial charge on any atom is 0.271 e. The number of amides is 1. The summed E-state index contributed by atoms with van der Waals surface area (Å²) in [6.45, 7) is 0.642. The lowest BCUT2D eigenvalue weighted by Gasteiger charge is -2.18. The average Bonchev–Trinajstić information content (AvgIpc) is 3.32. The van der Waals surface area contributed by atoms with Crippen molar-refractivity contribution in [1.29, 1.82) is 5.26 Å². The molecule has 0 bridgehead atoms. The van der Waals surface area contributed by atoms with E-state index in [4.69, 9.17) is 5.26 Å². The Bertz CT molecular complexity index is 916. The Morgan fingerprint density at radius 3 is 3.17 bits per heavy atom. The molecule has 3 aromatic heterocycles. The fourth-order valence-electron chi connectivity index (χ4n) is 3.18. The summed E-state index contributed by atoms with van der Waals surface area (Å²) in [5.74, 6) is -0.111. The number of likely N-dealkylation sites (tertiary alicyclic amines) is 1. The van der Waals surface area contributed by atoms with E-state index >= 15 is 0 Å². The number of carbonyl (C=O) groups is 1. The second kappa shape index (κ2) is 5.29. The molecule has 114 valence electrons. The summed E-state index contributed by atoms with van der Waals surface area (Å²) in [5.41, 5.74) is 3.29. The van der Waals surface area contributed by atoms with Crippen LogP contribution in [0.25, 0.3) is 22.2 Å². The van der Waals surface area contributed by atoms with Gasteiger partial charge in [0.05, 0.1) is 6.07 Å². The number of H-pyrrole nitrogens is 2. The van der Waals surface area contributed by atoms with Crippen molar-refractivity contribution < 1.29 is 4.79 Å². The van der Waals surface area contributed by atoms with Gasteiger partial charge in [0.15, 0.2) is 0 Å². The van der Waals surface area contributed by atoms with E-state index in [1.807, 2.05) is 30.6 Å². The second-order valence-electron chi connectivity index (χ2n) is 5.69. The highest BCUT2D eigenvalue weighted by molar-refractivity contribution is 5.97. The average molecular weight is 305 g/mol. The lowest BCUT2D eigenvalue weighted by Crippen LogP contribution is -2.34. The zero-order valence-corrected chi connectivity index (χ0v) is 12.4. The molecule has 4 rings (SSSR count). The maximum atomic E-state index is 12.6. The molecule has 1 aliphatic rings. The number of carbonyl (C=O) groups excluding carboxylic acids is 1. The zero-order valence-electron chi connectivity index (χ0n) is 12.4. The summed E-state index contributed by atoms with van der Waals surface area (Å²) in [7, 11) is 0. The molecule has 6 nitrogen and oxygen atoms in total. The number of fused-ring (bicyclic) bond motifs is 1. The third-order valence-corrected chi connectivity index (χ3v) is 4.35. The smallest absolute Gasteiger partial charge is 0.271 e. The quantitative estimate of drug-likeness (QED) is 0.763. The highest BCUT2D eigenvalue weighted by Gasteiger charge is 2.30. The van der Waals surface area contributed by atoms with Crippen LogP contribution in [-0.4, -0.2) is 38.3 Å². The molecular weight excluding hydrogens is 290 g/mol. The summed E-state index contributed by atoms with van der Waals surface area (Å²) in [5, 5.41) is 10.2. The van der Waals surface area contributed by atoms with Crippen LogP contribution in [0.4, 0.5) is 0 Å². The van der Waals surface area contributed by atoms with Crippen molar-refractivity contribution in [1.82, 2.24) is 19.9 Å². The number of nitrogens with zero attached hydrogens (tertiary/aromatic N) is 3. The van der Waals surface area contributed by atoms with Crippen molar-refractivity contribution in [2.45, 2.75) is 18.9 Å². The van der Waals surface area contributed by atoms with Crippen LogP contribution >= 0.6 is 0 Å². The molecule has 1 fully saturated rings. The van der Waals surface area contributed by atoms with Gasteiger partial charge in [0.25, 0.3) is 5.91 Å². The molecule has 0 aromatic carbocycles. The summed E-state index contributed by atoms with van der Waals surface area (Å²) < 4.78 is 0. The van der Waals surface area contributed by atoms with E-state index in [2.05, 4.69) is 21.0 Å². The molecule has 1 amide bonds. The van der Waals surface area contributed by atoms with E-state index in [-0.39, 0.29) is 11.9 Å². The monoisotopic (exact) mass is 305 g/mol. The molecule has 3 aromatic rings. The molecule has 1 aliphatic heterocycles. The summed E-state index contributed by atoms with van der Waals surface area (Å²) in [6.07, 6.45) is 7.05. The van der Waals surface area contributed by atoms with Crippen molar-refractivity contribution in [2.24, 2.45) is 0 Å². The van der Waals surface area contributed by atoms with Crippen LogP contribution in [0.15, 0.2) is 36.8 Å². The fourth-order valence-corrected chi connectivity index (χ4v) is 3.18. The van der Waals surface area contributed by atoms with Gasteiger partial charge in [-0.2, -0.15) is 5.26 Å². The number of nitriles is 1. The minimum absolute atomic E-state index is 0.111. The van der Waals surface area contributed by atoms with Crippen molar-refractivity contribution in [3.63, 3.8) is 0 Å². The van der Waals surface area contributed by atoms with E-state index in [0.717, 1.165) is 35.0 Å². The first-order valence-electron chi connectivity index (χ1n) is 7.59. The SMILES string of the molecule is N#CC1CCCN1C(=O)c1cc(-c2ccnc3[nH]ccc23)c[nH]1. The van der Waals surface area contributed by atoms with E-state index in [9.17, 15) is 4.79 Å². The number of aromatic amines is 2. The first-order chi connectivity index (χ1) is 11.3. The van der Waals surface area contributed by atoms with Gasteiger partial charge in [0.1, 0.15) is 17.4 Å². The van der Waals surface area contributed by atoms with E-state index in [0.29, 0.717) is 12.2 Å². The van der Waals surface area contributed by atoms with Crippen molar-refractivity contribution in [2.75, 3.05) is 6.54 Å². The molecule has 0 saturated carbocycles. The molecule has 1 unspecified atom stereocenters. The first kappa shape index (κ1) is 13.6. The van der Waals surface area contributed by atoms with Crippen LogP contribution in [0, 0.1) is 11.3 Å². The van der Waals surface area contributed by atoms with Crippen LogP contribution in [0.5, 0.6) is 0 Å². The predicted octanol–water partition coefficient (Wildman–Crippen LogP) is 2.69. The number of rotatable bonds is 2. The van der Waals surface area contributed by atoms with Gasteiger partial charge in [-0.15, -0.1) is 0 Å². The molecule has 2 N–H and O–H groups in total. The normalized spacial score (nSPS) is 17.5. The fraction of sp³-hybridized carbons (Fsp3) is 0.235. The lowest BCUT2D eigenvalue weighted by molar-refractivity contribution is 0.0759.